The van der Waals surface area contributed by atoms with Crippen molar-refractivity contribution in [2.24, 2.45) is 5.41 Å². The standard InChI is InChI=1S/C9H16N2/c1-3-11(4-2)8-9(7-10)5-6-9/h3-6,8H2,1-2H3. The largest absolute Gasteiger partial charge is 0.302 e. The lowest BCUT2D eigenvalue weighted by Gasteiger charge is -2.20. The second kappa shape index (κ2) is 3.23. The van der Waals surface area contributed by atoms with Gasteiger partial charge >= 0.3 is 0 Å². The molecule has 0 heterocycles. The highest BCUT2D eigenvalue weighted by Gasteiger charge is 2.43. The fourth-order valence-electron chi connectivity index (χ4n) is 1.33. The van der Waals surface area contributed by atoms with Crippen LogP contribution in [-0.2, 0) is 0 Å². The van der Waals surface area contributed by atoms with Crippen molar-refractivity contribution in [3.63, 3.8) is 0 Å². The van der Waals surface area contributed by atoms with Crippen molar-refractivity contribution in [2.45, 2.75) is 26.7 Å². The molecule has 0 saturated heterocycles. The molecule has 0 bridgehead atoms. The summed E-state index contributed by atoms with van der Waals surface area (Å²) in [4.78, 5) is 2.33. The van der Waals surface area contributed by atoms with Crippen LogP contribution >= 0.6 is 0 Å². The van der Waals surface area contributed by atoms with Crippen molar-refractivity contribution < 1.29 is 0 Å². The third-order valence-electron chi connectivity index (χ3n) is 2.51. The number of nitriles is 1. The summed E-state index contributed by atoms with van der Waals surface area (Å²) in [5.41, 5.74) is 0.0476. The maximum Gasteiger partial charge on any atom is 0.0703 e. The van der Waals surface area contributed by atoms with E-state index in [0.29, 0.717) is 0 Å². The Morgan fingerprint density at radius 1 is 1.36 bits per heavy atom. The van der Waals surface area contributed by atoms with Gasteiger partial charge in [-0.2, -0.15) is 5.26 Å². The monoisotopic (exact) mass is 152 g/mol. The quantitative estimate of drug-likeness (QED) is 0.612. The predicted octanol–water partition coefficient (Wildman–Crippen LogP) is 1.63. The Bertz CT molecular complexity index is 161. The fraction of sp³-hybridized carbons (Fsp3) is 0.889. The Labute approximate surface area is 68.8 Å². The number of nitrogens with zero attached hydrogens (tertiary/aromatic N) is 2. The van der Waals surface area contributed by atoms with E-state index >= 15 is 0 Å². The Balaban J connectivity index is 2.35. The Morgan fingerprint density at radius 2 is 1.91 bits per heavy atom. The molecular weight excluding hydrogens is 136 g/mol. The average molecular weight is 152 g/mol. The van der Waals surface area contributed by atoms with E-state index in [-0.39, 0.29) is 5.41 Å². The molecule has 1 saturated carbocycles. The zero-order valence-electron chi connectivity index (χ0n) is 7.43. The van der Waals surface area contributed by atoms with Gasteiger partial charge in [0.25, 0.3) is 0 Å². The number of rotatable bonds is 4. The first-order chi connectivity index (χ1) is 5.26. The van der Waals surface area contributed by atoms with E-state index in [1.165, 1.54) is 0 Å². The van der Waals surface area contributed by atoms with Crippen LogP contribution in [0.5, 0.6) is 0 Å². The van der Waals surface area contributed by atoms with Crippen molar-refractivity contribution in [2.75, 3.05) is 19.6 Å². The molecule has 62 valence electrons. The van der Waals surface area contributed by atoms with Crippen LogP contribution in [0, 0.1) is 16.7 Å². The van der Waals surface area contributed by atoms with Gasteiger partial charge in [-0.3, -0.25) is 0 Å². The van der Waals surface area contributed by atoms with E-state index in [1.807, 2.05) is 0 Å². The summed E-state index contributed by atoms with van der Waals surface area (Å²) in [7, 11) is 0. The molecule has 0 atom stereocenters. The van der Waals surface area contributed by atoms with E-state index in [1.54, 1.807) is 0 Å². The lowest BCUT2D eigenvalue weighted by molar-refractivity contribution is 0.267. The van der Waals surface area contributed by atoms with E-state index < -0.39 is 0 Å². The summed E-state index contributed by atoms with van der Waals surface area (Å²) in [6.07, 6.45) is 2.22. The summed E-state index contributed by atoms with van der Waals surface area (Å²) >= 11 is 0. The van der Waals surface area contributed by atoms with Crippen molar-refractivity contribution in [3.8, 4) is 6.07 Å². The third kappa shape index (κ3) is 1.94. The van der Waals surface area contributed by atoms with E-state index in [4.69, 9.17) is 5.26 Å². The minimum Gasteiger partial charge on any atom is -0.302 e. The molecule has 0 N–H and O–H groups in total. The SMILES string of the molecule is CCN(CC)CC1(C#N)CC1. The van der Waals surface area contributed by atoms with Gasteiger partial charge in [-0.25, -0.2) is 0 Å². The molecule has 0 aromatic heterocycles. The summed E-state index contributed by atoms with van der Waals surface area (Å²) in [6, 6.07) is 2.41. The van der Waals surface area contributed by atoms with Gasteiger partial charge in [0, 0.05) is 6.54 Å². The van der Waals surface area contributed by atoms with Crippen LogP contribution in [0.25, 0.3) is 0 Å². The van der Waals surface area contributed by atoms with Crippen molar-refractivity contribution in [1.29, 1.82) is 5.26 Å². The smallest absolute Gasteiger partial charge is 0.0703 e. The number of hydrogen-bond acceptors (Lipinski definition) is 2. The highest BCUT2D eigenvalue weighted by molar-refractivity contribution is 5.11. The van der Waals surface area contributed by atoms with Crippen LogP contribution in [0.4, 0.5) is 0 Å². The Morgan fingerprint density at radius 3 is 2.18 bits per heavy atom. The van der Waals surface area contributed by atoms with Crippen LogP contribution in [-0.4, -0.2) is 24.5 Å². The van der Waals surface area contributed by atoms with Gasteiger partial charge < -0.3 is 4.90 Å². The summed E-state index contributed by atoms with van der Waals surface area (Å²) < 4.78 is 0. The van der Waals surface area contributed by atoms with Gasteiger partial charge in [-0.15, -0.1) is 0 Å². The zero-order valence-corrected chi connectivity index (χ0v) is 7.43. The minimum absolute atomic E-state index is 0.0476. The average Bonchev–Trinajstić information content (AvgIpc) is 2.81. The van der Waals surface area contributed by atoms with E-state index in [9.17, 15) is 0 Å². The molecule has 0 amide bonds. The normalized spacial score (nSPS) is 19.8. The molecule has 11 heavy (non-hydrogen) atoms. The lowest BCUT2D eigenvalue weighted by atomic mass is 10.1. The van der Waals surface area contributed by atoms with Gasteiger partial charge in [-0.05, 0) is 25.9 Å². The van der Waals surface area contributed by atoms with Crippen LogP contribution in [0.1, 0.15) is 26.7 Å². The first kappa shape index (κ1) is 8.55. The topological polar surface area (TPSA) is 27.0 Å². The number of hydrogen-bond donors (Lipinski definition) is 0. The van der Waals surface area contributed by atoms with Crippen LogP contribution in [0.3, 0.4) is 0 Å². The lowest BCUT2D eigenvalue weighted by Crippen LogP contribution is -2.29. The Hall–Kier alpha value is -0.550. The van der Waals surface area contributed by atoms with Gasteiger partial charge in [0.05, 0.1) is 11.5 Å². The zero-order chi connectivity index (χ0) is 8.32. The van der Waals surface area contributed by atoms with Crippen LogP contribution in [0.2, 0.25) is 0 Å². The van der Waals surface area contributed by atoms with Gasteiger partial charge in [0.15, 0.2) is 0 Å². The van der Waals surface area contributed by atoms with Crippen LogP contribution < -0.4 is 0 Å². The summed E-state index contributed by atoms with van der Waals surface area (Å²) in [6.45, 7) is 7.42. The second-order valence-corrected chi connectivity index (χ2v) is 3.35. The van der Waals surface area contributed by atoms with Crippen molar-refractivity contribution in [3.05, 3.63) is 0 Å². The molecular formula is C9H16N2. The maximum atomic E-state index is 8.82. The molecule has 2 heteroatoms. The third-order valence-corrected chi connectivity index (χ3v) is 2.51. The Kier molecular flexibility index (Phi) is 2.51. The van der Waals surface area contributed by atoms with E-state index in [0.717, 1.165) is 32.5 Å². The molecule has 2 nitrogen and oxygen atoms in total. The maximum absolute atomic E-state index is 8.82. The minimum atomic E-state index is 0.0476. The highest BCUT2D eigenvalue weighted by atomic mass is 15.1. The van der Waals surface area contributed by atoms with Gasteiger partial charge in [-0.1, -0.05) is 13.8 Å². The highest BCUT2D eigenvalue weighted by Crippen LogP contribution is 2.45. The molecule has 0 unspecified atom stereocenters. The van der Waals surface area contributed by atoms with Crippen molar-refractivity contribution >= 4 is 0 Å². The predicted molar refractivity (Wildman–Crippen MR) is 45.1 cm³/mol. The molecule has 0 aromatic rings. The first-order valence-electron chi connectivity index (χ1n) is 4.40. The summed E-state index contributed by atoms with van der Waals surface area (Å²) in [5, 5.41) is 8.82. The molecule has 1 rings (SSSR count). The second-order valence-electron chi connectivity index (χ2n) is 3.35. The van der Waals surface area contributed by atoms with Gasteiger partial charge in [0.2, 0.25) is 0 Å². The fourth-order valence-corrected chi connectivity index (χ4v) is 1.33. The van der Waals surface area contributed by atoms with Crippen molar-refractivity contribution in [1.82, 2.24) is 4.90 Å². The molecule has 0 aliphatic heterocycles. The first-order valence-corrected chi connectivity index (χ1v) is 4.40. The molecule has 1 aliphatic carbocycles. The molecule has 0 spiro atoms. The summed E-state index contributed by atoms with van der Waals surface area (Å²) in [5.74, 6) is 0. The van der Waals surface area contributed by atoms with Crippen LogP contribution in [0.15, 0.2) is 0 Å². The molecule has 0 radical (unpaired) electrons. The molecule has 0 aromatic carbocycles. The molecule has 1 aliphatic rings. The van der Waals surface area contributed by atoms with E-state index in [2.05, 4.69) is 24.8 Å². The van der Waals surface area contributed by atoms with Gasteiger partial charge in [0.1, 0.15) is 0 Å². The molecule has 1 fully saturated rings.